The number of carbonyl (C=O) groups excluding carboxylic acids is 1. The summed E-state index contributed by atoms with van der Waals surface area (Å²) in [4.78, 5) is 20.2. The van der Waals surface area contributed by atoms with Gasteiger partial charge in [-0.15, -0.1) is 12.4 Å². The molecular formula is C22H33ClN4O2. The maximum Gasteiger partial charge on any atom is 0.253 e. The standard InChI is InChI=1S/C22H32N4O2.ClH/c1-4-22(23,5-2)21-25-19-17(10-7-11-18(19)28-21)20(27)24-14-12-15-8-6-9-16(13-14)26(15)3;/h7,10-11,14-16H,4-6,8-9,12-13,23H2,1-3H3,(H,24,27);1H. The molecule has 1 amide bonds. The number of oxazole rings is 1. The number of aromatic nitrogens is 1. The predicted molar refractivity (Wildman–Crippen MR) is 117 cm³/mol. The Morgan fingerprint density at radius 3 is 2.55 bits per heavy atom. The third-order valence-electron chi connectivity index (χ3n) is 7.03. The van der Waals surface area contributed by atoms with Crippen LogP contribution < -0.4 is 11.1 Å². The first-order valence-electron chi connectivity index (χ1n) is 10.7. The number of rotatable bonds is 5. The molecule has 1 aromatic heterocycles. The molecule has 2 fully saturated rings. The lowest BCUT2D eigenvalue weighted by Crippen LogP contribution is -2.55. The van der Waals surface area contributed by atoms with Gasteiger partial charge >= 0.3 is 0 Å². The van der Waals surface area contributed by atoms with Crippen LogP contribution in [0.1, 0.15) is 75.0 Å². The van der Waals surface area contributed by atoms with E-state index in [1.807, 2.05) is 32.0 Å². The van der Waals surface area contributed by atoms with E-state index in [0.717, 1.165) is 25.7 Å². The number of hydrogen-bond donors (Lipinski definition) is 2. The molecule has 2 aliphatic heterocycles. The van der Waals surface area contributed by atoms with Gasteiger partial charge in [0.1, 0.15) is 5.52 Å². The number of benzene rings is 1. The summed E-state index contributed by atoms with van der Waals surface area (Å²) in [6.07, 6.45) is 7.28. The molecule has 6 nitrogen and oxygen atoms in total. The summed E-state index contributed by atoms with van der Waals surface area (Å²) in [7, 11) is 2.23. The van der Waals surface area contributed by atoms with Crippen LogP contribution in [-0.4, -0.2) is 41.0 Å². The fourth-order valence-corrected chi connectivity index (χ4v) is 4.89. The topological polar surface area (TPSA) is 84.4 Å². The zero-order valence-corrected chi connectivity index (χ0v) is 18.4. The number of hydrogen-bond acceptors (Lipinski definition) is 5. The summed E-state index contributed by atoms with van der Waals surface area (Å²) in [5, 5.41) is 3.27. The molecular weight excluding hydrogens is 388 g/mol. The van der Waals surface area contributed by atoms with Crippen LogP contribution in [0.2, 0.25) is 0 Å². The van der Waals surface area contributed by atoms with Crippen LogP contribution >= 0.6 is 12.4 Å². The Balaban J connectivity index is 0.00000240. The normalized spacial score (nSPS) is 24.9. The van der Waals surface area contributed by atoms with Gasteiger partial charge in [-0.05, 0) is 57.7 Å². The molecule has 2 aliphatic rings. The van der Waals surface area contributed by atoms with E-state index in [1.165, 1.54) is 19.3 Å². The monoisotopic (exact) mass is 420 g/mol. The Bertz CT molecular complexity index is 850. The molecule has 2 unspecified atom stereocenters. The van der Waals surface area contributed by atoms with E-state index >= 15 is 0 Å². The van der Waals surface area contributed by atoms with Crippen LogP contribution in [0.5, 0.6) is 0 Å². The molecule has 160 valence electrons. The Labute approximate surface area is 179 Å². The number of amides is 1. The summed E-state index contributed by atoms with van der Waals surface area (Å²) < 4.78 is 5.95. The van der Waals surface area contributed by atoms with Crippen molar-refractivity contribution in [2.75, 3.05) is 7.05 Å². The molecule has 0 saturated carbocycles. The quantitative estimate of drug-likeness (QED) is 0.764. The van der Waals surface area contributed by atoms with Gasteiger partial charge in [0.25, 0.3) is 5.91 Å². The highest BCUT2D eigenvalue weighted by Crippen LogP contribution is 2.33. The number of carbonyl (C=O) groups is 1. The molecule has 2 atom stereocenters. The number of halogens is 1. The maximum atomic E-state index is 13.1. The van der Waals surface area contributed by atoms with Gasteiger partial charge in [-0.2, -0.15) is 0 Å². The van der Waals surface area contributed by atoms with Gasteiger partial charge in [-0.25, -0.2) is 4.98 Å². The fourth-order valence-electron chi connectivity index (χ4n) is 4.89. The van der Waals surface area contributed by atoms with Crippen LogP contribution in [0.4, 0.5) is 0 Å². The zero-order chi connectivity index (χ0) is 19.9. The minimum atomic E-state index is -0.599. The molecule has 4 rings (SSSR count). The number of para-hydroxylation sites is 1. The largest absolute Gasteiger partial charge is 0.439 e. The zero-order valence-electron chi connectivity index (χ0n) is 17.6. The summed E-state index contributed by atoms with van der Waals surface area (Å²) in [5.41, 5.74) is 7.67. The van der Waals surface area contributed by atoms with E-state index in [1.54, 1.807) is 0 Å². The minimum Gasteiger partial charge on any atom is -0.439 e. The predicted octanol–water partition coefficient (Wildman–Crippen LogP) is 3.97. The third-order valence-corrected chi connectivity index (χ3v) is 7.03. The molecule has 7 heteroatoms. The van der Waals surface area contributed by atoms with Crippen molar-refractivity contribution in [2.45, 2.75) is 82.5 Å². The molecule has 2 aromatic rings. The number of nitrogens with one attached hydrogen (secondary N) is 1. The Morgan fingerprint density at radius 1 is 1.28 bits per heavy atom. The van der Waals surface area contributed by atoms with Gasteiger partial charge in [0.2, 0.25) is 5.89 Å². The Hall–Kier alpha value is -1.63. The molecule has 2 bridgehead atoms. The van der Waals surface area contributed by atoms with Crippen LogP contribution in [0.3, 0.4) is 0 Å². The average Bonchev–Trinajstić information content (AvgIpc) is 3.13. The fraction of sp³-hybridized carbons (Fsp3) is 0.636. The van der Waals surface area contributed by atoms with Gasteiger partial charge in [-0.1, -0.05) is 26.3 Å². The van der Waals surface area contributed by atoms with Gasteiger partial charge in [0.05, 0.1) is 11.1 Å². The highest BCUT2D eigenvalue weighted by molar-refractivity contribution is 6.04. The second kappa shape index (κ2) is 8.62. The first-order chi connectivity index (χ1) is 13.4. The molecule has 1 aromatic carbocycles. The van der Waals surface area contributed by atoms with Crippen LogP contribution in [0.25, 0.3) is 11.1 Å². The maximum absolute atomic E-state index is 13.1. The van der Waals surface area contributed by atoms with E-state index in [9.17, 15) is 4.79 Å². The van der Waals surface area contributed by atoms with Crippen molar-refractivity contribution in [3.8, 4) is 0 Å². The molecule has 0 spiro atoms. The van der Waals surface area contributed by atoms with E-state index in [0.29, 0.717) is 34.6 Å². The average molecular weight is 421 g/mol. The van der Waals surface area contributed by atoms with Gasteiger partial charge in [0.15, 0.2) is 5.58 Å². The van der Waals surface area contributed by atoms with Gasteiger partial charge in [-0.3, -0.25) is 4.79 Å². The van der Waals surface area contributed by atoms with Crippen LogP contribution in [-0.2, 0) is 5.54 Å². The van der Waals surface area contributed by atoms with E-state index in [2.05, 4.69) is 22.2 Å². The smallest absolute Gasteiger partial charge is 0.253 e. The SMILES string of the molecule is CCC(N)(CC)c1nc2c(C(=O)NC3CC4CCCC(C3)N4C)cccc2o1.Cl. The third kappa shape index (κ3) is 4.03. The van der Waals surface area contributed by atoms with Crippen molar-refractivity contribution in [3.63, 3.8) is 0 Å². The van der Waals surface area contributed by atoms with E-state index in [4.69, 9.17) is 10.2 Å². The van der Waals surface area contributed by atoms with Crippen molar-refractivity contribution in [1.82, 2.24) is 15.2 Å². The first-order valence-corrected chi connectivity index (χ1v) is 10.7. The molecule has 3 heterocycles. The lowest BCUT2D eigenvalue weighted by Gasteiger charge is -2.47. The second-order valence-corrected chi connectivity index (χ2v) is 8.58. The van der Waals surface area contributed by atoms with Crippen molar-refractivity contribution in [1.29, 1.82) is 0 Å². The number of nitrogens with two attached hydrogens (primary N) is 1. The van der Waals surface area contributed by atoms with Crippen LogP contribution in [0.15, 0.2) is 22.6 Å². The minimum absolute atomic E-state index is 0. The molecule has 29 heavy (non-hydrogen) atoms. The molecule has 0 radical (unpaired) electrons. The number of nitrogens with zero attached hydrogens (tertiary/aromatic N) is 2. The summed E-state index contributed by atoms with van der Waals surface area (Å²) in [6, 6.07) is 6.93. The lowest BCUT2D eigenvalue weighted by atomic mass is 9.82. The molecule has 3 N–H and O–H groups in total. The van der Waals surface area contributed by atoms with E-state index < -0.39 is 5.54 Å². The van der Waals surface area contributed by atoms with Crippen molar-refractivity contribution < 1.29 is 9.21 Å². The number of fused-ring (bicyclic) bond motifs is 3. The summed E-state index contributed by atoms with van der Waals surface area (Å²) in [6.45, 7) is 4.06. The van der Waals surface area contributed by atoms with Gasteiger partial charge in [0, 0.05) is 18.1 Å². The molecule has 2 saturated heterocycles. The van der Waals surface area contributed by atoms with Crippen molar-refractivity contribution in [2.24, 2.45) is 5.73 Å². The number of piperidine rings is 2. The van der Waals surface area contributed by atoms with E-state index in [-0.39, 0.29) is 24.4 Å². The highest BCUT2D eigenvalue weighted by Gasteiger charge is 2.37. The van der Waals surface area contributed by atoms with Crippen molar-refractivity contribution >= 4 is 29.4 Å². The van der Waals surface area contributed by atoms with Crippen molar-refractivity contribution in [3.05, 3.63) is 29.7 Å². The van der Waals surface area contributed by atoms with Gasteiger partial charge < -0.3 is 20.4 Å². The molecule has 0 aliphatic carbocycles. The summed E-state index contributed by atoms with van der Waals surface area (Å²) in [5.74, 6) is 0.454. The summed E-state index contributed by atoms with van der Waals surface area (Å²) >= 11 is 0. The first kappa shape index (κ1) is 22.1. The Kier molecular flexibility index (Phi) is 6.56. The lowest BCUT2D eigenvalue weighted by molar-refractivity contribution is 0.0463. The highest BCUT2D eigenvalue weighted by atomic mass is 35.5. The van der Waals surface area contributed by atoms with Crippen LogP contribution in [0, 0.1) is 0 Å². The Morgan fingerprint density at radius 2 is 1.93 bits per heavy atom. The second-order valence-electron chi connectivity index (χ2n) is 8.58.